The van der Waals surface area contributed by atoms with Crippen LogP contribution in [0.3, 0.4) is 0 Å². The van der Waals surface area contributed by atoms with Crippen LogP contribution in [0.1, 0.15) is 28.4 Å². The second-order valence-corrected chi connectivity index (χ2v) is 8.42. The molecule has 0 aliphatic rings. The van der Waals surface area contributed by atoms with Gasteiger partial charge in [-0.3, -0.25) is 9.59 Å². The quantitative estimate of drug-likeness (QED) is 0.275. The first kappa shape index (κ1) is 23.9. The first-order valence-electron chi connectivity index (χ1n) is 10.3. The van der Waals surface area contributed by atoms with Crippen molar-refractivity contribution < 1.29 is 9.59 Å². The lowest BCUT2D eigenvalue weighted by molar-refractivity contribution is -0.117. The Hall–Kier alpha value is -3.71. The summed E-state index contributed by atoms with van der Waals surface area (Å²) >= 11 is 3.40. The molecule has 0 unspecified atom stereocenters. The van der Waals surface area contributed by atoms with Crippen LogP contribution in [0.2, 0.25) is 0 Å². The molecule has 3 rings (SSSR count). The van der Waals surface area contributed by atoms with Crippen LogP contribution in [0, 0.1) is 0 Å². The number of nitrogens with zero attached hydrogens (tertiary/aromatic N) is 2. The summed E-state index contributed by atoms with van der Waals surface area (Å²) in [6, 6.07) is 24.0. The number of nitrogens with one attached hydrogen (secondary N) is 2. The highest BCUT2D eigenvalue weighted by molar-refractivity contribution is 9.10. The number of hydrazone groups is 1. The van der Waals surface area contributed by atoms with Gasteiger partial charge < -0.3 is 10.2 Å². The molecule has 0 fully saturated rings. The maximum Gasteiger partial charge on any atom is 0.287 e. The number of carbonyl (C=O) groups excluding carboxylic acids is 2. The van der Waals surface area contributed by atoms with Gasteiger partial charge in [0.05, 0.1) is 5.71 Å². The topological polar surface area (TPSA) is 73.8 Å². The van der Waals surface area contributed by atoms with Crippen molar-refractivity contribution in [1.29, 1.82) is 0 Å². The summed E-state index contributed by atoms with van der Waals surface area (Å²) in [7, 11) is 3.91. The molecular formula is C26H25BrN4O2. The molecule has 0 aliphatic heterocycles. The van der Waals surface area contributed by atoms with Crippen molar-refractivity contribution >= 4 is 45.2 Å². The van der Waals surface area contributed by atoms with Gasteiger partial charge >= 0.3 is 0 Å². The highest BCUT2D eigenvalue weighted by atomic mass is 79.9. The van der Waals surface area contributed by atoms with Gasteiger partial charge in [0, 0.05) is 29.8 Å². The van der Waals surface area contributed by atoms with E-state index in [1.54, 1.807) is 37.3 Å². The summed E-state index contributed by atoms with van der Waals surface area (Å²) < 4.78 is 0.956. The average Bonchev–Trinajstić information content (AvgIpc) is 2.83. The maximum atomic E-state index is 13.0. The summed E-state index contributed by atoms with van der Waals surface area (Å²) in [5.41, 5.74) is 6.40. The number of hydrogen-bond donors (Lipinski definition) is 2. The smallest absolute Gasteiger partial charge is 0.287 e. The zero-order valence-electron chi connectivity index (χ0n) is 18.7. The Morgan fingerprint density at radius 2 is 1.52 bits per heavy atom. The van der Waals surface area contributed by atoms with Crippen LogP contribution < -0.4 is 15.6 Å². The van der Waals surface area contributed by atoms with E-state index < -0.39 is 5.91 Å². The van der Waals surface area contributed by atoms with E-state index in [0.29, 0.717) is 11.3 Å². The molecule has 0 atom stereocenters. The van der Waals surface area contributed by atoms with Gasteiger partial charge in [0.25, 0.3) is 11.8 Å². The van der Waals surface area contributed by atoms with Crippen LogP contribution in [0.15, 0.2) is 94.1 Å². The van der Waals surface area contributed by atoms with Crippen molar-refractivity contribution in [2.24, 2.45) is 5.10 Å². The lowest BCUT2D eigenvalue weighted by Crippen LogP contribution is -2.33. The fourth-order valence-electron chi connectivity index (χ4n) is 2.93. The molecule has 0 aliphatic carbocycles. The molecule has 0 bridgehead atoms. The predicted octanol–water partition coefficient (Wildman–Crippen LogP) is 4.83. The average molecular weight is 505 g/mol. The Balaban J connectivity index is 1.84. The Kier molecular flexibility index (Phi) is 8.16. The molecule has 2 N–H and O–H groups in total. The van der Waals surface area contributed by atoms with Crippen molar-refractivity contribution in [1.82, 2.24) is 10.7 Å². The van der Waals surface area contributed by atoms with Crippen LogP contribution in [-0.2, 0) is 4.79 Å². The minimum atomic E-state index is -0.521. The summed E-state index contributed by atoms with van der Waals surface area (Å²) in [6.07, 6.45) is 1.63. The van der Waals surface area contributed by atoms with Gasteiger partial charge in [-0.2, -0.15) is 5.10 Å². The second-order valence-electron chi connectivity index (χ2n) is 7.51. The van der Waals surface area contributed by atoms with E-state index in [9.17, 15) is 9.59 Å². The number of anilines is 1. The van der Waals surface area contributed by atoms with Gasteiger partial charge in [0.15, 0.2) is 0 Å². The molecule has 6 nitrogen and oxygen atoms in total. The molecule has 0 saturated carbocycles. The van der Waals surface area contributed by atoms with Gasteiger partial charge in [-0.05, 0) is 60.5 Å². The number of benzene rings is 3. The Morgan fingerprint density at radius 3 is 2.12 bits per heavy atom. The molecule has 0 aromatic heterocycles. The molecule has 0 radical (unpaired) electrons. The van der Waals surface area contributed by atoms with Crippen LogP contribution in [-0.4, -0.2) is 31.6 Å². The van der Waals surface area contributed by atoms with E-state index in [1.807, 2.05) is 73.6 Å². The summed E-state index contributed by atoms with van der Waals surface area (Å²) in [5.74, 6) is -0.900. The Morgan fingerprint density at radius 1 is 0.879 bits per heavy atom. The lowest BCUT2D eigenvalue weighted by Gasteiger charge is -2.13. The number of halogens is 1. The third kappa shape index (κ3) is 6.89. The number of carbonyl (C=O) groups is 2. The van der Waals surface area contributed by atoms with E-state index in [4.69, 9.17) is 0 Å². The Bertz CT molecular complexity index is 1170. The van der Waals surface area contributed by atoms with Crippen LogP contribution in [0.4, 0.5) is 5.69 Å². The first-order chi connectivity index (χ1) is 15.8. The fourth-order valence-corrected chi connectivity index (χ4v) is 3.19. The van der Waals surface area contributed by atoms with Gasteiger partial charge in [0.2, 0.25) is 0 Å². The minimum Gasteiger partial charge on any atom is -0.378 e. The highest BCUT2D eigenvalue weighted by Gasteiger charge is 2.14. The van der Waals surface area contributed by atoms with Crippen molar-refractivity contribution in [3.63, 3.8) is 0 Å². The zero-order valence-corrected chi connectivity index (χ0v) is 20.3. The number of rotatable bonds is 7. The number of amides is 2. The summed E-state index contributed by atoms with van der Waals surface area (Å²) in [4.78, 5) is 27.7. The van der Waals surface area contributed by atoms with Crippen LogP contribution in [0.5, 0.6) is 0 Å². The predicted molar refractivity (Wildman–Crippen MR) is 137 cm³/mol. The third-order valence-corrected chi connectivity index (χ3v) is 5.37. The summed E-state index contributed by atoms with van der Waals surface area (Å²) in [5, 5.41) is 6.92. The van der Waals surface area contributed by atoms with Crippen LogP contribution >= 0.6 is 15.9 Å². The largest absolute Gasteiger partial charge is 0.378 e. The zero-order chi connectivity index (χ0) is 23.8. The monoisotopic (exact) mass is 504 g/mol. The van der Waals surface area contributed by atoms with Crippen molar-refractivity contribution in [2.75, 3.05) is 19.0 Å². The molecule has 7 heteroatoms. The molecule has 33 heavy (non-hydrogen) atoms. The summed E-state index contributed by atoms with van der Waals surface area (Å²) in [6.45, 7) is 1.80. The van der Waals surface area contributed by atoms with E-state index in [2.05, 4.69) is 31.8 Å². The van der Waals surface area contributed by atoms with Gasteiger partial charge in [-0.25, -0.2) is 5.43 Å². The normalized spacial score (nSPS) is 11.6. The fraction of sp³-hybridized carbons (Fsp3) is 0.115. The molecule has 3 aromatic carbocycles. The standard InChI is InChI=1S/C26H25BrN4O2/c1-18(20-11-13-22(27)14-12-20)29-30-26(33)24(28-25(32)21-7-5-4-6-8-21)17-19-9-15-23(16-10-19)31(2)3/h4-17H,1-3H3,(H,28,32)(H,30,33)/b24-17-,29-18?. The SMILES string of the molecule is CC(=NNC(=O)/C(=C/c1ccc(N(C)C)cc1)NC(=O)c1ccccc1)c1ccc(Br)cc1. The van der Waals surface area contributed by atoms with Crippen molar-refractivity contribution in [3.8, 4) is 0 Å². The maximum absolute atomic E-state index is 13.0. The molecule has 3 aromatic rings. The van der Waals surface area contributed by atoms with Crippen LogP contribution in [0.25, 0.3) is 6.08 Å². The molecule has 0 spiro atoms. The van der Waals surface area contributed by atoms with E-state index in [1.165, 1.54) is 0 Å². The first-order valence-corrected chi connectivity index (χ1v) is 11.1. The molecule has 2 amide bonds. The van der Waals surface area contributed by atoms with Crippen molar-refractivity contribution in [3.05, 3.63) is 106 Å². The molecule has 0 heterocycles. The van der Waals surface area contributed by atoms with E-state index in [0.717, 1.165) is 21.3 Å². The van der Waals surface area contributed by atoms with Gasteiger partial charge in [-0.15, -0.1) is 0 Å². The second kappa shape index (κ2) is 11.2. The minimum absolute atomic E-state index is 0.0915. The number of hydrogen-bond acceptors (Lipinski definition) is 4. The van der Waals surface area contributed by atoms with E-state index in [-0.39, 0.29) is 11.6 Å². The lowest BCUT2D eigenvalue weighted by atomic mass is 10.1. The third-order valence-electron chi connectivity index (χ3n) is 4.84. The molecule has 0 saturated heterocycles. The van der Waals surface area contributed by atoms with Gasteiger partial charge in [-0.1, -0.05) is 58.4 Å². The van der Waals surface area contributed by atoms with Crippen molar-refractivity contribution in [2.45, 2.75) is 6.92 Å². The molecular weight excluding hydrogens is 480 g/mol. The highest BCUT2D eigenvalue weighted by Crippen LogP contribution is 2.15. The molecule has 168 valence electrons. The Labute approximate surface area is 202 Å². The van der Waals surface area contributed by atoms with Gasteiger partial charge in [0.1, 0.15) is 5.70 Å². The van der Waals surface area contributed by atoms with E-state index >= 15 is 0 Å².